The van der Waals surface area contributed by atoms with E-state index in [0.717, 1.165) is 12.8 Å². The van der Waals surface area contributed by atoms with Gasteiger partial charge < -0.3 is 9.15 Å². The van der Waals surface area contributed by atoms with Gasteiger partial charge in [0, 0.05) is 20.2 Å². The van der Waals surface area contributed by atoms with Gasteiger partial charge in [0.05, 0.1) is 6.10 Å². The maximum atomic E-state index is 12.1. The summed E-state index contributed by atoms with van der Waals surface area (Å²) in [5.74, 6) is -0.000841. The number of sulfonamides is 1. The maximum absolute atomic E-state index is 12.1. The number of hydrogen-bond donors (Lipinski definition) is 0. The number of rotatable bonds is 5. The molecule has 0 aliphatic carbocycles. The molecule has 18 heavy (non-hydrogen) atoms. The molecule has 1 unspecified atom stereocenters. The summed E-state index contributed by atoms with van der Waals surface area (Å²) in [5.41, 5.74) is 0. The molecule has 1 saturated heterocycles. The summed E-state index contributed by atoms with van der Waals surface area (Å²) in [7, 11) is -2.22. The first kappa shape index (κ1) is 13.3. The highest BCUT2D eigenvalue weighted by Crippen LogP contribution is 2.20. The summed E-state index contributed by atoms with van der Waals surface area (Å²) in [6.45, 7) is 0.966. The molecule has 1 aliphatic rings. The molecule has 0 aromatic carbocycles. The van der Waals surface area contributed by atoms with Crippen LogP contribution in [-0.4, -0.2) is 45.3 Å². The molecule has 0 bridgehead atoms. The molecule has 0 saturated carbocycles. The number of hydrogen-bond acceptors (Lipinski definition) is 5. The predicted molar refractivity (Wildman–Crippen MR) is 62.9 cm³/mol. The van der Waals surface area contributed by atoms with Crippen molar-refractivity contribution in [3.8, 4) is 0 Å². The van der Waals surface area contributed by atoms with E-state index in [1.807, 2.05) is 0 Å². The summed E-state index contributed by atoms with van der Waals surface area (Å²) in [6, 6.07) is 2.62. The summed E-state index contributed by atoms with van der Waals surface area (Å²) in [5, 5.41) is -0.218. The van der Waals surface area contributed by atoms with Crippen molar-refractivity contribution in [2.75, 3.05) is 20.2 Å². The lowest BCUT2D eigenvalue weighted by Crippen LogP contribution is -2.33. The second-order valence-electron chi connectivity index (χ2n) is 4.20. The quantitative estimate of drug-likeness (QED) is 0.745. The molecule has 7 heteroatoms. The number of aldehydes is 1. The highest BCUT2D eigenvalue weighted by atomic mass is 32.2. The number of carbonyl (C=O) groups excluding carboxylic acids is 1. The number of nitrogens with zero attached hydrogens (tertiary/aromatic N) is 1. The molecule has 0 spiro atoms. The molecule has 6 nitrogen and oxygen atoms in total. The first-order valence-corrected chi connectivity index (χ1v) is 7.11. The number of carbonyl (C=O) groups is 1. The van der Waals surface area contributed by atoms with Gasteiger partial charge in [-0.15, -0.1) is 0 Å². The van der Waals surface area contributed by atoms with E-state index >= 15 is 0 Å². The summed E-state index contributed by atoms with van der Waals surface area (Å²) in [6.07, 6.45) is 2.22. The lowest BCUT2D eigenvalue weighted by molar-refractivity contribution is 0.0974. The minimum absolute atomic E-state index is 0.000841. The van der Waals surface area contributed by atoms with Crippen LogP contribution in [0.2, 0.25) is 0 Å². The van der Waals surface area contributed by atoms with Gasteiger partial charge >= 0.3 is 0 Å². The van der Waals surface area contributed by atoms with Gasteiger partial charge in [0.25, 0.3) is 10.0 Å². The van der Waals surface area contributed by atoms with Gasteiger partial charge in [0.1, 0.15) is 0 Å². The SMILES string of the molecule is CN(CC1CCCO1)S(=O)(=O)c1ccc(C=O)o1. The van der Waals surface area contributed by atoms with Crippen molar-refractivity contribution < 1.29 is 22.4 Å². The first-order chi connectivity index (χ1) is 8.54. The average molecular weight is 273 g/mol. The van der Waals surface area contributed by atoms with Gasteiger partial charge in [-0.2, -0.15) is 4.31 Å². The molecule has 0 N–H and O–H groups in total. The van der Waals surface area contributed by atoms with Crippen LogP contribution in [0.5, 0.6) is 0 Å². The monoisotopic (exact) mass is 273 g/mol. The molecular weight excluding hydrogens is 258 g/mol. The molecule has 2 heterocycles. The lowest BCUT2D eigenvalue weighted by atomic mass is 10.2. The van der Waals surface area contributed by atoms with E-state index in [2.05, 4.69) is 0 Å². The van der Waals surface area contributed by atoms with Crippen LogP contribution in [0.4, 0.5) is 0 Å². The van der Waals surface area contributed by atoms with Crippen molar-refractivity contribution >= 4 is 16.3 Å². The average Bonchev–Trinajstić information content (AvgIpc) is 2.99. The molecule has 0 radical (unpaired) electrons. The smallest absolute Gasteiger partial charge is 0.276 e. The third kappa shape index (κ3) is 2.63. The second-order valence-corrected chi connectivity index (χ2v) is 6.17. The summed E-state index contributed by atoms with van der Waals surface area (Å²) < 4.78 is 35.7. The Hall–Kier alpha value is -1.18. The van der Waals surface area contributed by atoms with Crippen LogP contribution < -0.4 is 0 Å². The Morgan fingerprint density at radius 1 is 1.50 bits per heavy atom. The third-order valence-electron chi connectivity index (χ3n) is 2.87. The molecule has 0 amide bonds. The van der Waals surface area contributed by atoms with Gasteiger partial charge in [0.15, 0.2) is 12.0 Å². The Morgan fingerprint density at radius 3 is 2.83 bits per heavy atom. The van der Waals surface area contributed by atoms with E-state index in [0.29, 0.717) is 19.4 Å². The van der Waals surface area contributed by atoms with Gasteiger partial charge in [-0.1, -0.05) is 0 Å². The molecule has 100 valence electrons. The van der Waals surface area contributed by atoms with Gasteiger partial charge in [0.2, 0.25) is 5.09 Å². The topological polar surface area (TPSA) is 76.8 Å². The van der Waals surface area contributed by atoms with Crippen LogP contribution in [0.1, 0.15) is 23.4 Å². The molecule has 1 atom stereocenters. The van der Waals surface area contributed by atoms with E-state index in [4.69, 9.17) is 9.15 Å². The fourth-order valence-electron chi connectivity index (χ4n) is 1.86. The Morgan fingerprint density at radius 2 is 2.28 bits per heavy atom. The lowest BCUT2D eigenvalue weighted by Gasteiger charge is -2.18. The van der Waals surface area contributed by atoms with Crippen molar-refractivity contribution in [2.45, 2.75) is 24.0 Å². The highest BCUT2D eigenvalue weighted by molar-refractivity contribution is 7.89. The van der Waals surface area contributed by atoms with Crippen molar-refractivity contribution in [1.29, 1.82) is 0 Å². The third-order valence-corrected chi connectivity index (χ3v) is 4.57. The van der Waals surface area contributed by atoms with Crippen LogP contribution in [0.15, 0.2) is 21.6 Å². The Kier molecular flexibility index (Phi) is 3.84. The zero-order valence-corrected chi connectivity index (χ0v) is 10.9. The Labute approximate surface area is 106 Å². The Bertz CT molecular complexity index is 515. The Balaban J connectivity index is 2.11. The second kappa shape index (κ2) is 5.21. The zero-order valence-electron chi connectivity index (χ0n) is 10.0. The number of likely N-dealkylation sites (N-methyl/N-ethyl adjacent to an activating group) is 1. The van der Waals surface area contributed by atoms with Gasteiger partial charge in [-0.25, -0.2) is 8.42 Å². The van der Waals surface area contributed by atoms with E-state index in [-0.39, 0.29) is 17.0 Å². The molecule has 1 aliphatic heterocycles. The van der Waals surface area contributed by atoms with Crippen molar-refractivity contribution in [3.63, 3.8) is 0 Å². The molecule has 1 fully saturated rings. The first-order valence-electron chi connectivity index (χ1n) is 5.67. The van der Waals surface area contributed by atoms with Crippen LogP contribution in [0.3, 0.4) is 0 Å². The maximum Gasteiger partial charge on any atom is 0.276 e. The van der Waals surface area contributed by atoms with Crippen LogP contribution in [-0.2, 0) is 14.8 Å². The van der Waals surface area contributed by atoms with Gasteiger partial charge in [-0.05, 0) is 25.0 Å². The van der Waals surface area contributed by atoms with Crippen molar-refractivity contribution in [1.82, 2.24) is 4.31 Å². The molecule has 2 rings (SSSR count). The van der Waals surface area contributed by atoms with E-state index in [9.17, 15) is 13.2 Å². The van der Waals surface area contributed by atoms with Gasteiger partial charge in [-0.3, -0.25) is 4.79 Å². The van der Waals surface area contributed by atoms with Crippen molar-refractivity contribution in [2.24, 2.45) is 0 Å². The van der Waals surface area contributed by atoms with E-state index < -0.39 is 10.0 Å². The number of ether oxygens (including phenoxy) is 1. The summed E-state index contributed by atoms with van der Waals surface area (Å²) in [4.78, 5) is 10.5. The van der Waals surface area contributed by atoms with Crippen LogP contribution in [0, 0.1) is 0 Å². The standard InChI is InChI=1S/C11H15NO5S/c1-12(7-9-3-2-6-16-9)18(14,15)11-5-4-10(8-13)17-11/h4-5,8-9H,2-3,6-7H2,1H3. The minimum atomic E-state index is -3.69. The predicted octanol–water partition coefficient (Wildman–Crippen LogP) is 0.892. The highest BCUT2D eigenvalue weighted by Gasteiger charge is 2.28. The molecular formula is C11H15NO5S. The zero-order chi connectivity index (χ0) is 13.2. The fourth-order valence-corrected chi connectivity index (χ4v) is 2.97. The minimum Gasteiger partial charge on any atom is -0.440 e. The number of furan rings is 1. The molecule has 1 aromatic rings. The van der Waals surface area contributed by atoms with Crippen LogP contribution in [0.25, 0.3) is 0 Å². The van der Waals surface area contributed by atoms with E-state index in [1.165, 1.54) is 23.5 Å². The fraction of sp³-hybridized carbons (Fsp3) is 0.545. The molecule has 1 aromatic heterocycles. The van der Waals surface area contributed by atoms with Crippen LogP contribution >= 0.6 is 0 Å². The summed E-state index contributed by atoms with van der Waals surface area (Å²) >= 11 is 0. The normalized spacial score (nSPS) is 20.4. The van der Waals surface area contributed by atoms with E-state index in [1.54, 1.807) is 0 Å². The van der Waals surface area contributed by atoms with Crippen molar-refractivity contribution in [3.05, 3.63) is 17.9 Å². The largest absolute Gasteiger partial charge is 0.440 e.